The topological polar surface area (TPSA) is 15.3 Å². The Labute approximate surface area is 133 Å². The molecule has 4 unspecified atom stereocenters. The first-order valence-electron chi connectivity index (χ1n) is 9.72. The number of nitrogens with zero attached hydrogens (tertiary/aromatic N) is 1. The maximum absolute atomic E-state index is 3.79. The summed E-state index contributed by atoms with van der Waals surface area (Å²) in [7, 11) is 0. The minimum atomic E-state index is 0.783. The summed E-state index contributed by atoms with van der Waals surface area (Å²) in [4.78, 5) is 2.79. The fourth-order valence-electron chi connectivity index (χ4n) is 4.75. The minimum absolute atomic E-state index is 0.783. The van der Waals surface area contributed by atoms with Crippen molar-refractivity contribution in [1.82, 2.24) is 10.2 Å². The molecule has 1 N–H and O–H groups in total. The first kappa shape index (κ1) is 17.3. The number of piperidine rings is 1. The third-order valence-electron chi connectivity index (χ3n) is 5.93. The standard InChI is InChI=1S/C19H38N2/c1-4-8-17-10-11-19(20-6-3)18(13-17)15-21-12-7-9-16(5-2)14-21/h16-20H,4-15H2,1-3H3. The van der Waals surface area contributed by atoms with Crippen LogP contribution in [0.2, 0.25) is 0 Å². The van der Waals surface area contributed by atoms with Gasteiger partial charge in [0, 0.05) is 19.1 Å². The van der Waals surface area contributed by atoms with Gasteiger partial charge in [0.1, 0.15) is 0 Å². The van der Waals surface area contributed by atoms with Gasteiger partial charge in [0.15, 0.2) is 0 Å². The van der Waals surface area contributed by atoms with Crippen molar-refractivity contribution in [1.29, 1.82) is 0 Å². The molecule has 2 aliphatic rings. The molecule has 1 saturated carbocycles. The molecule has 124 valence electrons. The summed E-state index contributed by atoms with van der Waals surface area (Å²) in [5.41, 5.74) is 0. The summed E-state index contributed by atoms with van der Waals surface area (Å²) in [6.45, 7) is 12.2. The number of rotatable bonds is 7. The molecule has 2 heteroatoms. The van der Waals surface area contributed by atoms with Gasteiger partial charge in [0.2, 0.25) is 0 Å². The highest BCUT2D eigenvalue weighted by Gasteiger charge is 2.31. The summed E-state index contributed by atoms with van der Waals surface area (Å²) in [5, 5.41) is 3.79. The quantitative estimate of drug-likeness (QED) is 0.753. The molecule has 1 saturated heterocycles. The molecule has 0 aromatic rings. The largest absolute Gasteiger partial charge is 0.314 e. The van der Waals surface area contributed by atoms with Crippen molar-refractivity contribution in [3.8, 4) is 0 Å². The van der Waals surface area contributed by atoms with Crippen molar-refractivity contribution >= 4 is 0 Å². The molecule has 4 atom stereocenters. The van der Waals surface area contributed by atoms with E-state index in [1.54, 1.807) is 0 Å². The van der Waals surface area contributed by atoms with Crippen LogP contribution in [0.4, 0.5) is 0 Å². The molecule has 0 radical (unpaired) electrons. The van der Waals surface area contributed by atoms with E-state index in [0.29, 0.717) is 0 Å². The lowest BCUT2D eigenvalue weighted by Gasteiger charge is -2.41. The van der Waals surface area contributed by atoms with Gasteiger partial charge in [0.05, 0.1) is 0 Å². The summed E-state index contributed by atoms with van der Waals surface area (Å²) in [5.74, 6) is 2.86. The first-order chi connectivity index (χ1) is 10.3. The van der Waals surface area contributed by atoms with Crippen LogP contribution in [0.5, 0.6) is 0 Å². The summed E-state index contributed by atoms with van der Waals surface area (Å²) >= 11 is 0. The monoisotopic (exact) mass is 294 g/mol. The molecule has 1 aliphatic carbocycles. The molecular formula is C19H38N2. The van der Waals surface area contributed by atoms with E-state index in [2.05, 4.69) is 31.0 Å². The van der Waals surface area contributed by atoms with Crippen LogP contribution < -0.4 is 5.32 Å². The molecule has 2 nitrogen and oxygen atoms in total. The van der Waals surface area contributed by atoms with E-state index in [4.69, 9.17) is 0 Å². The Kier molecular flexibility index (Phi) is 7.53. The van der Waals surface area contributed by atoms with Crippen LogP contribution in [0.3, 0.4) is 0 Å². The Morgan fingerprint density at radius 1 is 1.05 bits per heavy atom. The van der Waals surface area contributed by atoms with Gasteiger partial charge in [-0.15, -0.1) is 0 Å². The zero-order chi connectivity index (χ0) is 15.1. The predicted octanol–water partition coefficient (Wildman–Crippen LogP) is 4.30. The fourth-order valence-corrected chi connectivity index (χ4v) is 4.75. The molecular weight excluding hydrogens is 256 g/mol. The Hall–Kier alpha value is -0.0800. The SMILES string of the molecule is CCCC1CCC(NCC)C(CN2CCCC(CC)C2)C1. The van der Waals surface area contributed by atoms with Gasteiger partial charge >= 0.3 is 0 Å². The van der Waals surface area contributed by atoms with Crippen molar-refractivity contribution in [2.75, 3.05) is 26.2 Å². The molecule has 0 amide bonds. The fraction of sp³-hybridized carbons (Fsp3) is 1.00. The second-order valence-electron chi connectivity index (χ2n) is 7.57. The van der Waals surface area contributed by atoms with Crippen molar-refractivity contribution in [2.24, 2.45) is 17.8 Å². The van der Waals surface area contributed by atoms with Gasteiger partial charge in [-0.3, -0.25) is 0 Å². The Balaban J connectivity index is 1.88. The van der Waals surface area contributed by atoms with E-state index >= 15 is 0 Å². The average Bonchev–Trinajstić information content (AvgIpc) is 2.50. The number of hydrogen-bond acceptors (Lipinski definition) is 2. The number of likely N-dealkylation sites (tertiary alicyclic amines) is 1. The second-order valence-corrected chi connectivity index (χ2v) is 7.57. The normalized spacial score (nSPS) is 35.0. The van der Waals surface area contributed by atoms with Gasteiger partial charge < -0.3 is 10.2 Å². The van der Waals surface area contributed by atoms with Crippen molar-refractivity contribution in [3.05, 3.63) is 0 Å². The third kappa shape index (κ3) is 5.25. The lowest BCUT2D eigenvalue weighted by Crippen LogP contribution is -2.47. The molecule has 0 aromatic carbocycles. The van der Waals surface area contributed by atoms with E-state index in [1.807, 2.05) is 0 Å². The highest BCUT2D eigenvalue weighted by molar-refractivity contribution is 4.87. The van der Waals surface area contributed by atoms with Gasteiger partial charge in [-0.2, -0.15) is 0 Å². The highest BCUT2D eigenvalue weighted by atomic mass is 15.1. The zero-order valence-corrected chi connectivity index (χ0v) is 14.7. The van der Waals surface area contributed by atoms with Crippen LogP contribution in [-0.2, 0) is 0 Å². The third-order valence-corrected chi connectivity index (χ3v) is 5.93. The molecule has 0 aromatic heterocycles. The Morgan fingerprint density at radius 3 is 2.62 bits per heavy atom. The van der Waals surface area contributed by atoms with Crippen LogP contribution in [0.15, 0.2) is 0 Å². The van der Waals surface area contributed by atoms with Crippen molar-refractivity contribution < 1.29 is 0 Å². The lowest BCUT2D eigenvalue weighted by atomic mass is 9.75. The molecule has 0 bridgehead atoms. The van der Waals surface area contributed by atoms with Gasteiger partial charge in [-0.05, 0) is 62.9 Å². The molecule has 1 aliphatic heterocycles. The van der Waals surface area contributed by atoms with E-state index in [0.717, 1.165) is 30.3 Å². The van der Waals surface area contributed by atoms with Crippen LogP contribution in [0.1, 0.15) is 72.1 Å². The maximum Gasteiger partial charge on any atom is 0.0108 e. The lowest BCUT2D eigenvalue weighted by molar-refractivity contribution is 0.102. The molecule has 2 rings (SSSR count). The van der Waals surface area contributed by atoms with Crippen LogP contribution in [0, 0.1) is 17.8 Å². The molecule has 2 fully saturated rings. The van der Waals surface area contributed by atoms with E-state index in [-0.39, 0.29) is 0 Å². The smallest absolute Gasteiger partial charge is 0.0108 e. The Morgan fingerprint density at radius 2 is 1.90 bits per heavy atom. The van der Waals surface area contributed by atoms with Gasteiger partial charge in [-0.1, -0.05) is 40.0 Å². The van der Waals surface area contributed by atoms with E-state index < -0.39 is 0 Å². The molecule has 1 heterocycles. The average molecular weight is 295 g/mol. The summed E-state index contributed by atoms with van der Waals surface area (Å²) < 4.78 is 0. The maximum atomic E-state index is 3.79. The second kappa shape index (κ2) is 9.15. The van der Waals surface area contributed by atoms with Crippen LogP contribution in [0.25, 0.3) is 0 Å². The van der Waals surface area contributed by atoms with Crippen LogP contribution >= 0.6 is 0 Å². The highest BCUT2D eigenvalue weighted by Crippen LogP contribution is 2.33. The zero-order valence-electron chi connectivity index (χ0n) is 14.7. The minimum Gasteiger partial charge on any atom is -0.314 e. The van der Waals surface area contributed by atoms with E-state index in [1.165, 1.54) is 71.0 Å². The molecule has 21 heavy (non-hydrogen) atoms. The number of hydrogen-bond donors (Lipinski definition) is 1. The van der Waals surface area contributed by atoms with Gasteiger partial charge in [-0.25, -0.2) is 0 Å². The van der Waals surface area contributed by atoms with E-state index in [9.17, 15) is 0 Å². The molecule has 0 spiro atoms. The van der Waals surface area contributed by atoms with Crippen molar-refractivity contribution in [3.63, 3.8) is 0 Å². The van der Waals surface area contributed by atoms with Crippen LogP contribution in [-0.4, -0.2) is 37.1 Å². The van der Waals surface area contributed by atoms with Gasteiger partial charge in [0.25, 0.3) is 0 Å². The van der Waals surface area contributed by atoms with Crippen molar-refractivity contribution in [2.45, 2.75) is 78.2 Å². The predicted molar refractivity (Wildman–Crippen MR) is 92.7 cm³/mol. The number of nitrogens with one attached hydrogen (secondary N) is 1. The Bertz CT molecular complexity index is 279. The first-order valence-corrected chi connectivity index (χ1v) is 9.72. The summed E-state index contributed by atoms with van der Waals surface area (Å²) in [6.07, 6.45) is 11.4. The summed E-state index contributed by atoms with van der Waals surface area (Å²) in [6, 6.07) is 0.783.